The number of benzene rings is 1. The molecule has 0 fully saturated rings. The maximum Gasteiger partial charge on any atom is 0.138 e. The molecular formula is C10H9BrN2. The van der Waals surface area contributed by atoms with Crippen molar-refractivity contribution in [2.45, 2.75) is 6.92 Å². The molecule has 1 aromatic heterocycles. The molecule has 2 aromatic rings. The molecule has 1 heterocycles. The second kappa shape index (κ2) is 3.34. The highest BCUT2D eigenvalue weighted by molar-refractivity contribution is 9.10. The number of aromatic nitrogens is 2. The van der Waals surface area contributed by atoms with E-state index in [4.69, 9.17) is 0 Å². The van der Waals surface area contributed by atoms with Gasteiger partial charge in [-0.05, 0) is 22.9 Å². The lowest BCUT2D eigenvalue weighted by molar-refractivity contribution is 1.25. The minimum atomic E-state index is 0.881. The molecule has 66 valence electrons. The number of nitrogens with one attached hydrogen (secondary N) is 1. The fourth-order valence-electron chi connectivity index (χ4n) is 1.17. The highest BCUT2D eigenvalue weighted by Gasteiger charge is 2.04. The number of nitrogens with zero attached hydrogens (tertiary/aromatic N) is 1. The minimum absolute atomic E-state index is 0.881. The lowest BCUT2D eigenvalue weighted by Gasteiger charge is -1.93. The van der Waals surface area contributed by atoms with Crippen LogP contribution in [0.15, 0.2) is 34.9 Å². The summed E-state index contributed by atoms with van der Waals surface area (Å²) in [4.78, 5) is 7.54. The zero-order valence-electron chi connectivity index (χ0n) is 7.21. The lowest BCUT2D eigenvalue weighted by atomic mass is 10.2. The molecule has 0 saturated carbocycles. The molecule has 0 saturated heterocycles. The highest BCUT2D eigenvalue weighted by Crippen LogP contribution is 2.20. The molecule has 0 amide bonds. The van der Waals surface area contributed by atoms with Gasteiger partial charge in [0.2, 0.25) is 0 Å². The van der Waals surface area contributed by atoms with Crippen LogP contribution in [0, 0.1) is 6.92 Å². The zero-order chi connectivity index (χ0) is 9.26. The number of hydrogen-bond acceptors (Lipinski definition) is 1. The van der Waals surface area contributed by atoms with Crippen LogP contribution >= 0.6 is 15.9 Å². The molecule has 3 heteroatoms. The zero-order valence-corrected chi connectivity index (χ0v) is 8.80. The van der Waals surface area contributed by atoms with Crippen LogP contribution in [0.3, 0.4) is 0 Å². The molecule has 0 spiro atoms. The van der Waals surface area contributed by atoms with E-state index in [0.717, 1.165) is 21.7 Å². The number of aromatic amines is 1. The first kappa shape index (κ1) is 8.51. The van der Waals surface area contributed by atoms with Crippen LogP contribution in [-0.2, 0) is 0 Å². The van der Waals surface area contributed by atoms with Gasteiger partial charge in [-0.25, -0.2) is 4.98 Å². The minimum Gasteiger partial charge on any atom is -0.341 e. The summed E-state index contributed by atoms with van der Waals surface area (Å²) in [5.74, 6) is 0.907. The van der Waals surface area contributed by atoms with E-state index in [9.17, 15) is 0 Å². The molecule has 1 N–H and O–H groups in total. The maximum atomic E-state index is 4.34. The second-order valence-electron chi connectivity index (χ2n) is 2.87. The number of H-pyrrole nitrogens is 1. The van der Waals surface area contributed by atoms with Gasteiger partial charge in [0.15, 0.2) is 0 Å². The van der Waals surface area contributed by atoms with Gasteiger partial charge in [0.05, 0.1) is 0 Å². The van der Waals surface area contributed by atoms with Crippen LogP contribution in [0.2, 0.25) is 0 Å². The second-order valence-corrected chi connectivity index (χ2v) is 3.62. The van der Waals surface area contributed by atoms with Gasteiger partial charge < -0.3 is 4.98 Å². The van der Waals surface area contributed by atoms with Gasteiger partial charge in [0, 0.05) is 11.3 Å². The summed E-state index contributed by atoms with van der Waals surface area (Å²) in [5, 5.41) is 0. The summed E-state index contributed by atoms with van der Waals surface area (Å²) in [6.07, 6.45) is 0. The molecular weight excluding hydrogens is 228 g/mol. The smallest absolute Gasteiger partial charge is 0.138 e. The van der Waals surface area contributed by atoms with E-state index in [1.54, 1.807) is 0 Å². The number of halogens is 1. The third-order valence-corrected chi connectivity index (χ3v) is 2.64. The topological polar surface area (TPSA) is 28.7 Å². The van der Waals surface area contributed by atoms with Crippen molar-refractivity contribution in [3.8, 4) is 11.4 Å². The number of rotatable bonds is 1. The maximum absolute atomic E-state index is 4.34. The van der Waals surface area contributed by atoms with E-state index in [-0.39, 0.29) is 0 Å². The molecule has 0 radical (unpaired) electrons. The van der Waals surface area contributed by atoms with Gasteiger partial charge in [-0.3, -0.25) is 0 Å². The Bertz CT molecular complexity index is 387. The predicted molar refractivity (Wildman–Crippen MR) is 56.5 cm³/mol. The third-order valence-electron chi connectivity index (χ3n) is 1.87. The summed E-state index contributed by atoms with van der Waals surface area (Å²) >= 11 is 3.37. The summed E-state index contributed by atoms with van der Waals surface area (Å²) in [7, 11) is 0. The van der Waals surface area contributed by atoms with Crippen LogP contribution in [0.1, 0.15) is 5.69 Å². The van der Waals surface area contributed by atoms with Crippen molar-refractivity contribution in [2.24, 2.45) is 0 Å². The van der Waals surface area contributed by atoms with Gasteiger partial charge in [0.1, 0.15) is 10.4 Å². The van der Waals surface area contributed by atoms with Crippen molar-refractivity contribution < 1.29 is 0 Å². The quantitative estimate of drug-likeness (QED) is 0.810. The monoisotopic (exact) mass is 236 g/mol. The first-order valence-corrected chi connectivity index (χ1v) is 4.84. The van der Waals surface area contributed by atoms with Gasteiger partial charge in [-0.1, -0.05) is 30.3 Å². The molecule has 0 bridgehead atoms. The molecule has 0 aliphatic heterocycles. The van der Waals surface area contributed by atoms with E-state index in [1.165, 1.54) is 0 Å². The average molecular weight is 237 g/mol. The first-order valence-electron chi connectivity index (χ1n) is 4.05. The molecule has 13 heavy (non-hydrogen) atoms. The van der Waals surface area contributed by atoms with Crippen molar-refractivity contribution in [2.75, 3.05) is 0 Å². The van der Waals surface area contributed by atoms with E-state index in [2.05, 4.69) is 25.9 Å². The molecule has 0 unspecified atom stereocenters. The van der Waals surface area contributed by atoms with Crippen LogP contribution in [0.5, 0.6) is 0 Å². The molecule has 0 aliphatic rings. The summed E-state index contributed by atoms with van der Waals surface area (Å²) in [5.41, 5.74) is 2.16. The Morgan fingerprint density at radius 2 is 1.92 bits per heavy atom. The number of aryl methyl sites for hydroxylation is 1. The van der Waals surface area contributed by atoms with E-state index >= 15 is 0 Å². The normalized spacial score (nSPS) is 10.3. The van der Waals surface area contributed by atoms with E-state index < -0.39 is 0 Å². The molecule has 2 nitrogen and oxygen atoms in total. The lowest BCUT2D eigenvalue weighted by Crippen LogP contribution is -1.78. The fraction of sp³-hybridized carbons (Fsp3) is 0.100. The third kappa shape index (κ3) is 1.65. The Hall–Kier alpha value is -1.09. The first-order chi connectivity index (χ1) is 6.27. The Labute approximate surface area is 85.1 Å². The van der Waals surface area contributed by atoms with Crippen LogP contribution in [0.4, 0.5) is 0 Å². The molecule has 0 aliphatic carbocycles. The summed E-state index contributed by atoms with van der Waals surface area (Å²) in [6, 6.07) is 10.1. The Morgan fingerprint density at radius 1 is 1.23 bits per heavy atom. The largest absolute Gasteiger partial charge is 0.341 e. The van der Waals surface area contributed by atoms with Gasteiger partial charge in [0.25, 0.3) is 0 Å². The molecule has 2 rings (SSSR count). The molecule has 1 aromatic carbocycles. The predicted octanol–water partition coefficient (Wildman–Crippen LogP) is 3.15. The van der Waals surface area contributed by atoms with Crippen molar-refractivity contribution >= 4 is 15.9 Å². The van der Waals surface area contributed by atoms with Crippen molar-refractivity contribution in [3.05, 3.63) is 40.6 Å². The molecule has 0 atom stereocenters. The van der Waals surface area contributed by atoms with Gasteiger partial charge in [-0.15, -0.1) is 0 Å². The van der Waals surface area contributed by atoms with Gasteiger partial charge >= 0.3 is 0 Å². The fourth-order valence-corrected chi connectivity index (χ4v) is 1.45. The summed E-state index contributed by atoms with van der Waals surface area (Å²) in [6.45, 7) is 1.99. The van der Waals surface area contributed by atoms with Crippen molar-refractivity contribution in [3.63, 3.8) is 0 Å². The van der Waals surface area contributed by atoms with Crippen LogP contribution in [0.25, 0.3) is 11.4 Å². The van der Waals surface area contributed by atoms with Crippen LogP contribution in [-0.4, -0.2) is 9.97 Å². The van der Waals surface area contributed by atoms with Crippen LogP contribution < -0.4 is 0 Å². The Morgan fingerprint density at radius 3 is 2.46 bits per heavy atom. The van der Waals surface area contributed by atoms with Crippen molar-refractivity contribution in [1.29, 1.82) is 0 Å². The van der Waals surface area contributed by atoms with E-state index in [0.29, 0.717) is 0 Å². The number of imidazole rings is 1. The Balaban J connectivity index is 2.48. The summed E-state index contributed by atoms with van der Waals surface area (Å²) < 4.78 is 0.881. The Kier molecular flexibility index (Phi) is 2.19. The SMILES string of the molecule is Cc1[nH]c(-c2ccccc2)nc1Br. The van der Waals surface area contributed by atoms with E-state index in [1.807, 2.05) is 37.3 Å². The highest BCUT2D eigenvalue weighted by atomic mass is 79.9. The van der Waals surface area contributed by atoms with Gasteiger partial charge in [-0.2, -0.15) is 0 Å². The standard InChI is InChI=1S/C10H9BrN2/c1-7-9(11)13-10(12-7)8-5-3-2-4-6-8/h2-6H,1H3,(H,12,13). The van der Waals surface area contributed by atoms with Crippen molar-refractivity contribution in [1.82, 2.24) is 9.97 Å². The number of hydrogen-bond donors (Lipinski definition) is 1. The average Bonchev–Trinajstić information content (AvgIpc) is 2.49.